The van der Waals surface area contributed by atoms with Crippen molar-refractivity contribution < 1.29 is 19.7 Å². The van der Waals surface area contributed by atoms with Crippen molar-refractivity contribution in [1.29, 1.82) is 0 Å². The van der Waals surface area contributed by atoms with Crippen LogP contribution in [0.15, 0.2) is 103 Å². The van der Waals surface area contributed by atoms with Crippen LogP contribution in [0.1, 0.15) is 35.1 Å². The van der Waals surface area contributed by atoms with Gasteiger partial charge >= 0.3 is 6.09 Å². The summed E-state index contributed by atoms with van der Waals surface area (Å²) >= 11 is 0. The highest BCUT2D eigenvalue weighted by Gasteiger charge is 2.29. The lowest BCUT2D eigenvalue weighted by Gasteiger charge is -2.21. The monoisotopic (exact) mass is 503 g/mol. The molecule has 0 radical (unpaired) electrons. The molecule has 0 spiro atoms. The summed E-state index contributed by atoms with van der Waals surface area (Å²) in [7, 11) is 0. The van der Waals surface area contributed by atoms with Gasteiger partial charge in [-0.05, 0) is 61.8 Å². The number of carbonyl (C=O) groups is 1. The highest BCUT2D eigenvalue weighted by atomic mass is 16.5. The first-order valence-corrected chi connectivity index (χ1v) is 13.0. The average Bonchev–Trinajstić information content (AvgIpc) is 3.29. The number of benzene rings is 5. The summed E-state index contributed by atoms with van der Waals surface area (Å²) in [5.74, 6) is -0.0123. The van der Waals surface area contributed by atoms with Crippen molar-refractivity contribution in [2.24, 2.45) is 0 Å². The summed E-state index contributed by atoms with van der Waals surface area (Å²) in [4.78, 5) is 12.5. The molecule has 0 bridgehead atoms. The Hall–Kier alpha value is -4.19. The number of aliphatic hydroxyl groups excluding tert-OH is 2. The van der Waals surface area contributed by atoms with E-state index in [4.69, 9.17) is 4.74 Å². The van der Waals surface area contributed by atoms with Gasteiger partial charge in [-0.3, -0.25) is 0 Å². The molecular formula is C33H29NO4. The van der Waals surface area contributed by atoms with Crippen molar-refractivity contribution in [2.45, 2.75) is 24.5 Å². The number of carbonyl (C=O) groups excluding carboxylic acids is 1. The molecular weight excluding hydrogens is 474 g/mol. The lowest BCUT2D eigenvalue weighted by molar-refractivity contribution is 0.0146. The number of ether oxygens (including phenoxy) is 1. The van der Waals surface area contributed by atoms with Crippen molar-refractivity contribution in [3.63, 3.8) is 0 Å². The molecule has 5 aromatic rings. The number of rotatable bonds is 7. The van der Waals surface area contributed by atoms with Crippen LogP contribution in [0.5, 0.6) is 0 Å². The zero-order valence-electron chi connectivity index (χ0n) is 20.9. The van der Waals surface area contributed by atoms with Gasteiger partial charge in [-0.2, -0.15) is 0 Å². The minimum Gasteiger partial charge on any atom is -0.449 e. The smallest absolute Gasteiger partial charge is 0.407 e. The third-order valence-electron chi connectivity index (χ3n) is 7.54. The topological polar surface area (TPSA) is 78.8 Å². The number of alkyl carbamates (subject to hydrolysis) is 1. The van der Waals surface area contributed by atoms with E-state index in [0.717, 1.165) is 32.7 Å². The molecule has 0 fully saturated rings. The van der Waals surface area contributed by atoms with Crippen LogP contribution in [0.25, 0.3) is 32.7 Å². The second-order valence-corrected chi connectivity index (χ2v) is 9.79. The van der Waals surface area contributed by atoms with E-state index >= 15 is 0 Å². The Bertz CT molecular complexity index is 1580. The van der Waals surface area contributed by atoms with E-state index in [1.54, 1.807) is 0 Å². The Kier molecular flexibility index (Phi) is 6.54. The molecule has 1 aliphatic rings. The number of hydrogen-bond acceptors (Lipinski definition) is 4. The van der Waals surface area contributed by atoms with E-state index < -0.39 is 18.3 Å². The Morgan fingerprint density at radius 2 is 1.34 bits per heavy atom. The fourth-order valence-corrected chi connectivity index (χ4v) is 5.66. The molecule has 5 nitrogen and oxygen atoms in total. The van der Waals surface area contributed by atoms with Gasteiger partial charge in [-0.1, -0.05) is 97.1 Å². The van der Waals surface area contributed by atoms with Crippen LogP contribution in [0.4, 0.5) is 4.79 Å². The van der Waals surface area contributed by atoms with Crippen LogP contribution < -0.4 is 5.32 Å². The van der Waals surface area contributed by atoms with Gasteiger partial charge in [0.15, 0.2) is 0 Å². The van der Waals surface area contributed by atoms with Crippen LogP contribution in [-0.2, 0) is 4.74 Å². The number of hydrogen-bond donors (Lipinski definition) is 3. The van der Waals surface area contributed by atoms with Crippen molar-refractivity contribution in [2.75, 3.05) is 13.2 Å². The summed E-state index contributed by atoms with van der Waals surface area (Å²) in [5.41, 5.74) is 5.34. The van der Waals surface area contributed by atoms with E-state index in [1.165, 1.54) is 11.1 Å². The average molecular weight is 504 g/mol. The minimum absolute atomic E-state index is 0.0123. The molecule has 0 aliphatic heterocycles. The molecule has 6 rings (SSSR count). The molecule has 2 atom stereocenters. The van der Waals surface area contributed by atoms with Crippen molar-refractivity contribution in [1.82, 2.24) is 5.32 Å². The van der Waals surface area contributed by atoms with Gasteiger partial charge in [0.1, 0.15) is 12.7 Å². The highest BCUT2D eigenvalue weighted by molar-refractivity contribution is 6.09. The van der Waals surface area contributed by atoms with E-state index in [2.05, 4.69) is 35.6 Å². The molecule has 5 heteroatoms. The summed E-state index contributed by atoms with van der Waals surface area (Å²) in [5, 5.41) is 28.6. The highest BCUT2D eigenvalue weighted by Crippen LogP contribution is 2.44. The normalized spacial score (nSPS) is 14.2. The molecule has 0 saturated carbocycles. The standard InChI is InChI=1S/C33H29NO4/c35-31(32(36)29-19-21-9-1-2-10-22(21)23-11-3-6-14-26(23)29)17-18-34-33(37)38-20-30-27-15-7-4-12-24(27)25-13-5-8-16-28(25)30/h1-16,19,30-32,35-36H,17-18,20H2,(H,34,37). The predicted octanol–water partition coefficient (Wildman–Crippen LogP) is 6.32. The van der Waals surface area contributed by atoms with Crippen LogP contribution >= 0.6 is 0 Å². The number of fused-ring (bicyclic) bond motifs is 6. The summed E-state index contributed by atoms with van der Waals surface area (Å²) in [6.07, 6.45) is -2.49. The van der Waals surface area contributed by atoms with Gasteiger partial charge in [0, 0.05) is 12.5 Å². The van der Waals surface area contributed by atoms with Gasteiger partial charge < -0.3 is 20.3 Å². The molecule has 1 amide bonds. The van der Waals surface area contributed by atoms with Gasteiger partial charge in [-0.15, -0.1) is 0 Å². The zero-order chi connectivity index (χ0) is 26.1. The first-order valence-electron chi connectivity index (χ1n) is 13.0. The molecule has 5 aromatic carbocycles. The number of amides is 1. The number of nitrogens with one attached hydrogen (secondary N) is 1. The Labute approximate surface area is 221 Å². The third-order valence-corrected chi connectivity index (χ3v) is 7.54. The van der Waals surface area contributed by atoms with Crippen LogP contribution in [0.2, 0.25) is 0 Å². The second-order valence-electron chi connectivity index (χ2n) is 9.79. The van der Waals surface area contributed by atoms with Crippen LogP contribution in [0, 0.1) is 0 Å². The summed E-state index contributed by atoms with van der Waals surface area (Å²) in [6, 6.07) is 34.2. The van der Waals surface area contributed by atoms with Crippen molar-refractivity contribution in [3.8, 4) is 11.1 Å². The maximum absolute atomic E-state index is 12.5. The van der Waals surface area contributed by atoms with Crippen molar-refractivity contribution >= 4 is 27.6 Å². The summed E-state index contributed by atoms with van der Waals surface area (Å²) < 4.78 is 5.58. The molecule has 2 unspecified atom stereocenters. The Morgan fingerprint density at radius 1 is 0.763 bits per heavy atom. The Morgan fingerprint density at radius 3 is 2.05 bits per heavy atom. The second kappa shape index (κ2) is 10.3. The van der Waals surface area contributed by atoms with E-state index in [-0.39, 0.29) is 25.5 Å². The Balaban J connectivity index is 1.08. The SMILES string of the molecule is O=C(NCCC(O)C(O)c1cc2ccccc2c2ccccc12)OCC1c2ccccc2-c2ccccc21. The first-order chi connectivity index (χ1) is 18.6. The number of aliphatic hydroxyl groups is 2. The largest absolute Gasteiger partial charge is 0.449 e. The molecule has 190 valence electrons. The maximum Gasteiger partial charge on any atom is 0.407 e. The van der Waals surface area contributed by atoms with E-state index in [9.17, 15) is 15.0 Å². The quantitative estimate of drug-likeness (QED) is 0.227. The molecule has 1 aliphatic carbocycles. The van der Waals surface area contributed by atoms with Crippen molar-refractivity contribution in [3.05, 3.63) is 120 Å². The fourth-order valence-electron chi connectivity index (χ4n) is 5.66. The first kappa shape index (κ1) is 24.2. The molecule has 0 saturated heterocycles. The van der Waals surface area contributed by atoms with Gasteiger partial charge in [0.2, 0.25) is 0 Å². The molecule has 0 aromatic heterocycles. The lowest BCUT2D eigenvalue weighted by Crippen LogP contribution is -2.30. The third kappa shape index (κ3) is 4.40. The molecule has 0 heterocycles. The zero-order valence-corrected chi connectivity index (χ0v) is 20.9. The minimum atomic E-state index is -1.09. The fraction of sp³-hybridized carbons (Fsp3) is 0.182. The summed E-state index contributed by atoms with van der Waals surface area (Å²) in [6.45, 7) is 0.411. The molecule has 38 heavy (non-hydrogen) atoms. The van der Waals surface area contributed by atoms with Crippen LogP contribution in [-0.4, -0.2) is 35.6 Å². The predicted molar refractivity (Wildman–Crippen MR) is 150 cm³/mol. The van der Waals surface area contributed by atoms with Gasteiger partial charge in [-0.25, -0.2) is 4.79 Å². The lowest BCUT2D eigenvalue weighted by atomic mass is 9.92. The van der Waals surface area contributed by atoms with Gasteiger partial charge in [0.25, 0.3) is 0 Å². The van der Waals surface area contributed by atoms with E-state index in [0.29, 0.717) is 5.56 Å². The maximum atomic E-state index is 12.5. The van der Waals surface area contributed by atoms with Gasteiger partial charge in [0.05, 0.1) is 6.10 Å². The molecule has 3 N–H and O–H groups in total. The van der Waals surface area contributed by atoms with E-state index in [1.807, 2.05) is 72.8 Å². The van der Waals surface area contributed by atoms with Crippen LogP contribution in [0.3, 0.4) is 0 Å².